The van der Waals surface area contributed by atoms with Crippen molar-refractivity contribution < 1.29 is 24.3 Å². The van der Waals surface area contributed by atoms with Crippen LogP contribution >= 0.6 is 0 Å². The third-order valence-corrected chi connectivity index (χ3v) is 5.02. The maximum Gasteiger partial charge on any atom is 0.252 e. The molecule has 3 aromatic heterocycles. The third-order valence-electron chi connectivity index (χ3n) is 5.02. The Kier molecular flexibility index (Phi) is 5.73. The van der Waals surface area contributed by atoms with Gasteiger partial charge in [0.1, 0.15) is 23.5 Å². The van der Waals surface area contributed by atoms with Crippen LogP contribution in [-0.2, 0) is 9.53 Å². The topological polar surface area (TPSA) is 199 Å². The van der Waals surface area contributed by atoms with Gasteiger partial charge in [-0.1, -0.05) is 5.16 Å². The molecule has 170 valence electrons. The van der Waals surface area contributed by atoms with Crippen LogP contribution < -0.4 is 16.5 Å². The fraction of sp³-hybridized carbons (Fsp3) is 0.444. The first kappa shape index (κ1) is 21.6. The van der Waals surface area contributed by atoms with Crippen molar-refractivity contribution in [2.45, 2.75) is 45.3 Å². The van der Waals surface area contributed by atoms with E-state index in [1.54, 1.807) is 20.8 Å². The SMILES string of the molecule is CCNC(=O)[C@H]1O[C@@H](n2cnc3c(N)nc(N/N=C/c4c(C)noc4C)nc32)[C@H](O)[C@@H]1O. The highest BCUT2D eigenvalue weighted by Gasteiger charge is 2.47. The van der Waals surface area contributed by atoms with E-state index in [2.05, 4.69) is 36.0 Å². The minimum absolute atomic E-state index is 0.0630. The van der Waals surface area contributed by atoms with Crippen molar-refractivity contribution in [1.82, 2.24) is 30.0 Å². The van der Waals surface area contributed by atoms with Crippen LogP contribution in [0.3, 0.4) is 0 Å². The van der Waals surface area contributed by atoms with Crippen LogP contribution in [0.2, 0.25) is 0 Å². The molecule has 1 saturated heterocycles. The zero-order valence-electron chi connectivity index (χ0n) is 17.6. The van der Waals surface area contributed by atoms with Crippen molar-refractivity contribution >= 4 is 35.1 Å². The van der Waals surface area contributed by atoms with Crippen LogP contribution in [-0.4, -0.2) is 71.9 Å². The van der Waals surface area contributed by atoms with E-state index < -0.39 is 30.4 Å². The molecule has 0 radical (unpaired) electrons. The monoisotopic (exact) mass is 445 g/mol. The van der Waals surface area contributed by atoms with Gasteiger partial charge in [-0.05, 0) is 20.8 Å². The van der Waals surface area contributed by atoms with Gasteiger partial charge in [-0.2, -0.15) is 15.1 Å². The minimum atomic E-state index is -1.43. The highest BCUT2D eigenvalue weighted by atomic mass is 16.6. The molecule has 0 saturated carbocycles. The predicted molar refractivity (Wildman–Crippen MR) is 112 cm³/mol. The van der Waals surface area contributed by atoms with E-state index in [0.717, 1.165) is 0 Å². The van der Waals surface area contributed by atoms with Gasteiger partial charge in [0, 0.05) is 6.54 Å². The Labute approximate surface area is 181 Å². The zero-order chi connectivity index (χ0) is 23.0. The summed E-state index contributed by atoms with van der Waals surface area (Å²) in [5.74, 6) is 0.205. The quantitative estimate of drug-likeness (QED) is 0.235. The maximum atomic E-state index is 12.1. The summed E-state index contributed by atoms with van der Waals surface area (Å²) in [5.41, 5.74) is 10.6. The molecule has 6 N–H and O–H groups in total. The Hall–Kier alpha value is -3.62. The Morgan fingerprint density at radius 3 is 2.81 bits per heavy atom. The van der Waals surface area contributed by atoms with Crippen LogP contribution in [0.25, 0.3) is 11.2 Å². The number of fused-ring (bicyclic) bond motifs is 1. The molecule has 1 fully saturated rings. The highest BCUT2D eigenvalue weighted by molar-refractivity contribution is 5.84. The van der Waals surface area contributed by atoms with Gasteiger partial charge in [-0.25, -0.2) is 10.4 Å². The zero-order valence-corrected chi connectivity index (χ0v) is 17.6. The largest absolute Gasteiger partial charge is 0.387 e. The first-order valence-corrected chi connectivity index (χ1v) is 9.83. The normalized spacial score (nSPS) is 23.3. The summed E-state index contributed by atoms with van der Waals surface area (Å²) in [4.78, 5) is 24.8. The van der Waals surface area contributed by atoms with Crippen LogP contribution in [0, 0.1) is 13.8 Å². The van der Waals surface area contributed by atoms with E-state index in [-0.39, 0.29) is 22.9 Å². The van der Waals surface area contributed by atoms with E-state index in [0.29, 0.717) is 23.6 Å². The van der Waals surface area contributed by atoms with Gasteiger partial charge in [-0.3, -0.25) is 9.36 Å². The molecule has 4 heterocycles. The molecule has 1 aliphatic heterocycles. The van der Waals surface area contributed by atoms with Gasteiger partial charge in [0.2, 0.25) is 5.95 Å². The van der Waals surface area contributed by atoms with Gasteiger partial charge < -0.3 is 30.5 Å². The molecule has 0 spiro atoms. The van der Waals surface area contributed by atoms with Gasteiger partial charge in [-0.15, -0.1) is 0 Å². The lowest BCUT2D eigenvalue weighted by Crippen LogP contribution is -2.42. The number of hydrogen-bond donors (Lipinski definition) is 5. The summed E-state index contributed by atoms with van der Waals surface area (Å²) in [6, 6.07) is 0. The molecular weight excluding hydrogens is 422 g/mol. The number of aliphatic hydroxyl groups excluding tert-OH is 2. The number of imidazole rings is 1. The Morgan fingerprint density at radius 2 is 2.12 bits per heavy atom. The van der Waals surface area contributed by atoms with E-state index in [4.69, 9.17) is 15.0 Å². The number of aliphatic hydroxyl groups is 2. The summed E-state index contributed by atoms with van der Waals surface area (Å²) < 4.78 is 12.1. The van der Waals surface area contributed by atoms with Gasteiger partial charge in [0.05, 0.1) is 23.8 Å². The number of hydrazone groups is 1. The first-order chi connectivity index (χ1) is 15.3. The molecule has 0 unspecified atom stereocenters. The van der Waals surface area contributed by atoms with Gasteiger partial charge in [0.25, 0.3) is 5.91 Å². The average Bonchev–Trinajstić information content (AvgIpc) is 3.40. The van der Waals surface area contributed by atoms with Crippen molar-refractivity contribution in [2.75, 3.05) is 17.7 Å². The van der Waals surface area contributed by atoms with E-state index in [9.17, 15) is 15.0 Å². The number of hydrogen-bond acceptors (Lipinski definition) is 12. The standard InChI is InChI=1S/C18H23N9O5/c1-4-20-16(30)13-11(28)12(29)17(31-13)27-6-21-10-14(19)23-18(24-15(10)27)25-22-5-9-7(2)26-32-8(9)3/h5-6,11-13,17,28-29H,4H2,1-3H3,(H,20,30)(H3,19,23,24,25)/b22-5+/t11-,12+,13-,17+/m0/s1. The number of carbonyl (C=O) groups excluding carboxylic acids is 1. The Balaban J connectivity index is 1.61. The second-order valence-electron chi connectivity index (χ2n) is 7.19. The second-order valence-corrected chi connectivity index (χ2v) is 7.19. The lowest BCUT2D eigenvalue weighted by Gasteiger charge is -2.16. The van der Waals surface area contributed by atoms with E-state index in [1.807, 2.05) is 0 Å². The third kappa shape index (κ3) is 3.74. The molecule has 1 amide bonds. The lowest BCUT2D eigenvalue weighted by atomic mass is 10.1. The Bertz CT molecular complexity index is 1150. The average molecular weight is 445 g/mol. The number of aryl methyl sites for hydroxylation is 2. The summed E-state index contributed by atoms with van der Waals surface area (Å²) in [7, 11) is 0. The molecule has 0 bridgehead atoms. The molecule has 0 aliphatic carbocycles. The summed E-state index contributed by atoms with van der Waals surface area (Å²) in [6.45, 7) is 5.63. The number of nitrogens with zero attached hydrogens (tertiary/aromatic N) is 6. The number of aromatic nitrogens is 5. The number of ether oxygens (including phenoxy) is 1. The molecule has 32 heavy (non-hydrogen) atoms. The minimum Gasteiger partial charge on any atom is -0.387 e. The number of anilines is 2. The number of carbonyl (C=O) groups is 1. The molecule has 3 aromatic rings. The van der Waals surface area contributed by atoms with Crippen LogP contribution in [0.5, 0.6) is 0 Å². The maximum absolute atomic E-state index is 12.1. The number of amides is 1. The molecule has 14 nitrogen and oxygen atoms in total. The van der Waals surface area contributed by atoms with E-state index in [1.165, 1.54) is 17.1 Å². The smallest absolute Gasteiger partial charge is 0.252 e. The van der Waals surface area contributed by atoms with Crippen molar-refractivity contribution in [2.24, 2.45) is 5.10 Å². The van der Waals surface area contributed by atoms with Crippen LogP contribution in [0.4, 0.5) is 11.8 Å². The number of nitrogens with one attached hydrogen (secondary N) is 2. The number of likely N-dealkylation sites (N-methyl/N-ethyl adjacent to an activating group) is 1. The van der Waals surface area contributed by atoms with Gasteiger partial charge in [0.15, 0.2) is 23.8 Å². The summed E-state index contributed by atoms with van der Waals surface area (Å²) in [6.07, 6.45) is -2.34. The van der Waals surface area contributed by atoms with E-state index >= 15 is 0 Å². The van der Waals surface area contributed by atoms with Gasteiger partial charge >= 0.3 is 0 Å². The summed E-state index contributed by atoms with van der Waals surface area (Å²) in [5, 5.41) is 31.3. The first-order valence-electron chi connectivity index (χ1n) is 9.83. The van der Waals surface area contributed by atoms with Crippen LogP contribution in [0.1, 0.15) is 30.2 Å². The molecule has 1 aliphatic rings. The van der Waals surface area contributed by atoms with Crippen LogP contribution in [0.15, 0.2) is 16.0 Å². The lowest BCUT2D eigenvalue weighted by molar-refractivity contribution is -0.137. The fourth-order valence-corrected chi connectivity index (χ4v) is 3.38. The Morgan fingerprint density at radius 1 is 1.34 bits per heavy atom. The fourth-order valence-electron chi connectivity index (χ4n) is 3.38. The predicted octanol–water partition coefficient (Wildman–Crippen LogP) is -0.785. The summed E-state index contributed by atoms with van der Waals surface area (Å²) >= 11 is 0. The number of nitrogen functional groups attached to an aromatic ring is 1. The molecule has 0 aromatic carbocycles. The molecule has 14 heteroatoms. The highest BCUT2D eigenvalue weighted by Crippen LogP contribution is 2.32. The molecular formula is C18H23N9O5. The molecule has 4 rings (SSSR count). The van der Waals surface area contributed by atoms with Crippen molar-refractivity contribution in [3.8, 4) is 0 Å². The molecule has 4 atom stereocenters. The number of nitrogens with two attached hydrogens (primary N) is 1. The van der Waals surface area contributed by atoms with Crippen molar-refractivity contribution in [3.63, 3.8) is 0 Å². The number of rotatable bonds is 6. The second kappa shape index (κ2) is 8.49. The van der Waals surface area contributed by atoms with Crippen molar-refractivity contribution in [1.29, 1.82) is 0 Å². The van der Waals surface area contributed by atoms with Crippen molar-refractivity contribution in [3.05, 3.63) is 23.3 Å².